The molecule has 0 aliphatic heterocycles. The summed E-state index contributed by atoms with van der Waals surface area (Å²) in [6.07, 6.45) is 2.74. The summed E-state index contributed by atoms with van der Waals surface area (Å²) in [5.41, 5.74) is 2.00. The van der Waals surface area contributed by atoms with Crippen molar-refractivity contribution in [1.82, 2.24) is 19.7 Å². The minimum absolute atomic E-state index is 0.235. The van der Waals surface area contributed by atoms with Crippen molar-refractivity contribution in [3.05, 3.63) is 99.4 Å². The van der Waals surface area contributed by atoms with Crippen LogP contribution in [-0.4, -0.2) is 31.6 Å². The van der Waals surface area contributed by atoms with Crippen molar-refractivity contribution in [1.29, 1.82) is 0 Å². The maximum Gasteiger partial charge on any atom is 0.265 e. The van der Waals surface area contributed by atoms with Crippen LogP contribution in [0.25, 0.3) is 16.7 Å². The van der Waals surface area contributed by atoms with E-state index in [1.807, 2.05) is 5.38 Å². The molecular formula is C23H16N6O3S. The number of aromatic nitrogens is 4. The predicted octanol–water partition coefficient (Wildman–Crippen LogP) is 3.67. The fraction of sp³-hybridized carbons (Fsp3) is 0. The minimum Gasteiger partial charge on any atom is -0.321 e. The molecule has 162 valence electrons. The summed E-state index contributed by atoms with van der Waals surface area (Å²) in [5, 5.41) is 12.1. The molecule has 0 aliphatic rings. The number of nitrogens with one attached hydrogen (secondary N) is 3. The quantitative estimate of drug-likeness (QED) is 0.372. The summed E-state index contributed by atoms with van der Waals surface area (Å²) < 4.78 is 1.50. The summed E-state index contributed by atoms with van der Waals surface area (Å²) in [7, 11) is 0. The number of hydrogen-bond acceptors (Lipinski definition) is 6. The number of fused-ring (bicyclic) bond motifs is 1. The summed E-state index contributed by atoms with van der Waals surface area (Å²) in [6.45, 7) is 0. The normalized spacial score (nSPS) is 10.8. The first kappa shape index (κ1) is 20.3. The number of benzene rings is 2. The largest absolute Gasteiger partial charge is 0.321 e. The van der Waals surface area contributed by atoms with E-state index in [1.54, 1.807) is 60.7 Å². The van der Waals surface area contributed by atoms with Gasteiger partial charge in [-0.3, -0.25) is 14.4 Å². The van der Waals surface area contributed by atoms with E-state index in [9.17, 15) is 14.4 Å². The van der Waals surface area contributed by atoms with Crippen molar-refractivity contribution in [2.45, 2.75) is 0 Å². The lowest BCUT2D eigenvalue weighted by molar-refractivity contribution is 0.101. The lowest BCUT2D eigenvalue weighted by atomic mass is 10.1. The van der Waals surface area contributed by atoms with E-state index in [0.29, 0.717) is 38.5 Å². The van der Waals surface area contributed by atoms with E-state index in [-0.39, 0.29) is 17.4 Å². The third kappa shape index (κ3) is 4.02. The van der Waals surface area contributed by atoms with Crippen molar-refractivity contribution >= 4 is 45.6 Å². The summed E-state index contributed by atoms with van der Waals surface area (Å²) in [5.74, 6) is -0.599. The third-order valence-electron chi connectivity index (χ3n) is 4.88. The van der Waals surface area contributed by atoms with Crippen molar-refractivity contribution in [3.8, 4) is 5.69 Å². The topological polar surface area (TPSA) is 122 Å². The Morgan fingerprint density at radius 3 is 2.70 bits per heavy atom. The van der Waals surface area contributed by atoms with Gasteiger partial charge in [0.15, 0.2) is 5.65 Å². The van der Waals surface area contributed by atoms with Crippen LogP contribution in [0.4, 0.5) is 11.4 Å². The first-order valence-electron chi connectivity index (χ1n) is 9.87. The van der Waals surface area contributed by atoms with Crippen LogP contribution in [0.1, 0.15) is 20.0 Å². The second kappa shape index (κ2) is 8.52. The zero-order valence-electron chi connectivity index (χ0n) is 17.0. The van der Waals surface area contributed by atoms with E-state index in [2.05, 4.69) is 25.7 Å². The van der Waals surface area contributed by atoms with Crippen molar-refractivity contribution in [2.75, 3.05) is 10.6 Å². The molecule has 10 heteroatoms. The highest BCUT2D eigenvalue weighted by atomic mass is 32.1. The van der Waals surface area contributed by atoms with Crippen LogP contribution in [0.3, 0.4) is 0 Å². The highest BCUT2D eigenvalue weighted by molar-refractivity contribution is 7.12. The molecule has 0 fully saturated rings. The average molecular weight is 456 g/mol. The van der Waals surface area contributed by atoms with Crippen molar-refractivity contribution in [3.63, 3.8) is 0 Å². The Bertz CT molecular complexity index is 1540. The number of amides is 2. The first-order chi connectivity index (χ1) is 16.1. The zero-order chi connectivity index (χ0) is 22.8. The minimum atomic E-state index is -0.364. The second-order valence-electron chi connectivity index (χ2n) is 7.01. The first-order valence-corrected chi connectivity index (χ1v) is 10.8. The van der Waals surface area contributed by atoms with E-state index in [1.165, 1.54) is 28.5 Å². The van der Waals surface area contributed by atoms with E-state index < -0.39 is 0 Å². The molecular weight excluding hydrogens is 440 g/mol. The smallest absolute Gasteiger partial charge is 0.265 e. The maximum atomic E-state index is 13.0. The molecule has 0 spiro atoms. The third-order valence-corrected chi connectivity index (χ3v) is 5.75. The summed E-state index contributed by atoms with van der Waals surface area (Å²) in [4.78, 5) is 44.6. The molecule has 0 radical (unpaired) electrons. The number of hydrogen-bond donors (Lipinski definition) is 3. The lowest BCUT2D eigenvalue weighted by Gasteiger charge is -2.12. The van der Waals surface area contributed by atoms with Crippen LogP contribution < -0.4 is 16.2 Å². The van der Waals surface area contributed by atoms with Gasteiger partial charge in [0.1, 0.15) is 5.39 Å². The number of carbonyl (C=O) groups excluding carboxylic acids is 2. The highest BCUT2D eigenvalue weighted by Gasteiger charge is 2.15. The Balaban J connectivity index is 1.42. The van der Waals surface area contributed by atoms with Crippen LogP contribution in [-0.2, 0) is 0 Å². The number of carbonyl (C=O) groups is 2. The molecule has 2 amide bonds. The van der Waals surface area contributed by atoms with Gasteiger partial charge in [0.05, 0.1) is 28.8 Å². The van der Waals surface area contributed by atoms with Crippen LogP contribution in [0.5, 0.6) is 0 Å². The summed E-state index contributed by atoms with van der Waals surface area (Å²) in [6, 6.07) is 17.3. The van der Waals surface area contributed by atoms with Gasteiger partial charge in [-0.15, -0.1) is 11.3 Å². The Kier molecular flexibility index (Phi) is 5.25. The molecule has 9 nitrogen and oxygen atoms in total. The van der Waals surface area contributed by atoms with Crippen LogP contribution in [0, 0.1) is 0 Å². The zero-order valence-corrected chi connectivity index (χ0v) is 17.8. The molecule has 3 aromatic heterocycles. The van der Waals surface area contributed by atoms with Crippen molar-refractivity contribution in [2.24, 2.45) is 0 Å². The van der Waals surface area contributed by atoms with Gasteiger partial charge in [0.25, 0.3) is 17.4 Å². The number of anilines is 2. The molecule has 0 unspecified atom stereocenters. The fourth-order valence-electron chi connectivity index (χ4n) is 3.33. The van der Waals surface area contributed by atoms with Crippen LogP contribution in [0.2, 0.25) is 0 Å². The van der Waals surface area contributed by atoms with Crippen LogP contribution >= 0.6 is 11.3 Å². The van der Waals surface area contributed by atoms with Gasteiger partial charge in [-0.05, 0) is 41.8 Å². The number of rotatable bonds is 5. The predicted molar refractivity (Wildman–Crippen MR) is 126 cm³/mol. The molecule has 3 N–H and O–H groups in total. The van der Waals surface area contributed by atoms with Gasteiger partial charge in [-0.1, -0.05) is 24.3 Å². The van der Waals surface area contributed by atoms with Gasteiger partial charge in [0.2, 0.25) is 0 Å². The lowest BCUT2D eigenvalue weighted by Crippen LogP contribution is -2.15. The standard InChI is InChI=1S/C23H16N6O3S/c30-21(14-5-3-6-15(11-14)27-23(32)19-9-4-10-33-19)28-17-7-1-2-8-18(17)29-20-16(12-26-29)22(31)25-13-24-20/h1-13H,(H,27,32)(H,28,30)(H,24,25,31). The van der Waals surface area contributed by atoms with E-state index in [0.717, 1.165) is 0 Å². The van der Waals surface area contributed by atoms with Gasteiger partial charge >= 0.3 is 0 Å². The van der Waals surface area contributed by atoms with Crippen molar-refractivity contribution < 1.29 is 9.59 Å². The van der Waals surface area contributed by atoms with Gasteiger partial charge in [0, 0.05) is 11.3 Å². The van der Waals surface area contributed by atoms with Gasteiger partial charge in [-0.2, -0.15) is 5.10 Å². The Morgan fingerprint density at radius 2 is 1.85 bits per heavy atom. The Hall–Kier alpha value is -4.57. The van der Waals surface area contributed by atoms with Crippen LogP contribution in [0.15, 0.2) is 83.4 Å². The molecule has 3 heterocycles. The molecule has 5 rings (SSSR count). The van der Waals surface area contributed by atoms with E-state index >= 15 is 0 Å². The molecule has 0 aliphatic carbocycles. The van der Waals surface area contributed by atoms with Gasteiger partial charge in [-0.25, -0.2) is 9.67 Å². The van der Waals surface area contributed by atoms with Gasteiger partial charge < -0.3 is 15.6 Å². The SMILES string of the molecule is O=C(Nc1ccccc1-n1ncc2c(=O)[nH]cnc21)c1cccc(NC(=O)c2cccs2)c1. The molecule has 0 atom stereocenters. The number of para-hydroxylation sites is 2. The number of thiophene rings is 1. The fourth-order valence-corrected chi connectivity index (χ4v) is 3.95. The molecule has 0 saturated heterocycles. The maximum absolute atomic E-state index is 13.0. The van der Waals surface area contributed by atoms with E-state index in [4.69, 9.17) is 0 Å². The monoisotopic (exact) mass is 456 g/mol. The average Bonchev–Trinajstić information content (AvgIpc) is 3.51. The second-order valence-corrected chi connectivity index (χ2v) is 7.96. The number of H-pyrrole nitrogens is 1. The molecule has 0 saturated carbocycles. The molecule has 2 aromatic carbocycles. The molecule has 0 bridgehead atoms. The highest BCUT2D eigenvalue weighted by Crippen LogP contribution is 2.23. The molecule has 5 aromatic rings. The number of nitrogens with zero attached hydrogens (tertiary/aromatic N) is 3. The summed E-state index contributed by atoms with van der Waals surface area (Å²) >= 11 is 1.34. The Labute approximate surface area is 190 Å². The number of aromatic amines is 1. The molecule has 33 heavy (non-hydrogen) atoms. The Morgan fingerprint density at radius 1 is 0.970 bits per heavy atom.